The van der Waals surface area contributed by atoms with Crippen molar-refractivity contribution in [1.29, 1.82) is 0 Å². The summed E-state index contributed by atoms with van der Waals surface area (Å²) >= 11 is 0. The molecule has 0 aliphatic heterocycles. The third kappa shape index (κ3) is 2.38. The molecule has 0 spiro atoms. The van der Waals surface area contributed by atoms with E-state index in [0.717, 1.165) is 21.8 Å². The molecule has 5 nitrogen and oxygen atoms in total. The highest BCUT2D eigenvalue weighted by Crippen LogP contribution is 2.29. The highest BCUT2D eigenvalue weighted by Gasteiger charge is 2.12. The molecule has 3 heterocycles. The Morgan fingerprint density at radius 1 is 0.913 bits per heavy atom. The van der Waals surface area contributed by atoms with Crippen LogP contribution in [0.25, 0.3) is 21.8 Å². The number of nitrogens with zero attached hydrogens (tertiary/aromatic N) is 3. The molecule has 0 aliphatic carbocycles. The third-order valence-corrected chi connectivity index (χ3v) is 3.63. The predicted molar refractivity (Wildman–Crippen MR) is 89.2 cm³/mol. The van der Waals surface area contributed by atoms with Crippen LogP contribution >= 0.6 is 0 Å². The van der Waals surface area contributed by atoms with Crippen molar-refractivity contribution in [1.82, 2.24) is 15.0 Å². The van der Waals surface area contributed by atoms with Gasteiger partial charge in [0, 0.05) is 35.6 Å². The second kappa shape index (κ2) is 5.46. The average molecular weight is 300 g/mol. The summed E-state index contributed by atoms with van der Waals surface area (Å²) in [5.74, 6) is -0.202. The van der Waals surface area contributed by atoms with E-state index in [1.54, 1.807) is 36.9 Å². The normalized spacial score (nSPS) is 10.8. The highest BCUT2D eigenvalue weighted by molar-refractivity contribution is 6.14. The Kier molecular flexibility index (Phi) is 3.16. The third-order valence-electron chi connectivity index (χ3n) is 3.63. The molecule has 0 bridgehead atoms. The van der Waals surface area contributed by atoms with Crippen molar-refractivity contribution in [3.8, 4) is 0 Å². The summed E-state index contributed by atoms with van der Waals surface area (Å²) in [5, 5.41) is 4.73. The van der Waals surface area contributed by atoms with Gasteiger partial charge in [0.25, 0.3) is 5.91 Å². The van der Waals surface area contributed by atoms with Crippen molar-refractivity contribution < 1.29 is 4.79 Å². The van der Waals surface area contributed by atoms with Crippen LogP contribution in [0.4, 0.5) is 5.69 Å². The summed E-state index contributed by atoms with van der Waals surface area (Å²) in [6.07, 6.45) is 6.64. The highest BCUT2D eigenvalue weighted by atomic mass is 16.1. The molecule has 1 aromatic carbocycles. The van der Waals surface area contributed by atoms with Crippen molar-refractivity contribution in [2.24, 2.45) is 0 Å². The molecule has 0 saturated heterocycles. The Balaban J connectivity index is 1.87. The lowest BCUT2D eigenvalue weighted by Crippen LogP contribution is -2.12. The van der Waals surface area contributed by atoms with Gasteiger partial charge in [0.05, 0.1) is 22.3 Å². The van der Waals surface area contributed by atoms with Crippen molar-refractivity contribution in [3.05, 3.63) is 72.8 Å². The number of hydrogen-bond donors (Lipinski definition) is 1. The number of nitrogens with one attached hydrogen (secondary N) is 1. The van der Waals surface area contributed by atoms with Crippen LogP contribution in [-0.4, -0.2) is 20.9 Å². The summed E-state index contributed by atoms with van der Waals surface area (Å²) in [4.78, 5) is 25.2. The van der Waals surface area contributed by atoms with Gasteiger partial charge in [0.1, 0.15) is 0 Å². The van der Waals surface area contributed by atoms with E-state index in [-0.39, 0.29) is 5.91 Å². The molecule has 4 rings (SSSR count). The van der Waals surface area contributed by atoms with E-state index < -0.39 is 0 Å². The summed E-state index contributed by atoms with van der Waals surface area (Å²) in [6, 6.07) is 13.0. The lowest BCUT2D eigenvalue weighted by atomic mass is 10.1. The molecule has 3 aromatic heterocycles. The standard InChI is InChI=1S/C18H12N4O/c23-18(13-5-1-7-19-11-13)22-15-10-12-4-2-8-20-16(12)17-14(15)6-3-9-21-17/h1-11H,(H,22,23). The summed E-state index contributed by atoms with van der Waals surface area (Å²) in [5.41, 5.74) is 2.81. The monoisotopic (exact) mass is 300 g/mol. The topological polar surface area (TPSA) is 67.8 Å². The number of benzene rings is 1. The first-order chi connectivity index (χ1) is 11.3. The minimum Gasteiger partial charge on any atom is -0.321 e. The number of pyridine rings is 3. The second-order valence-electron chi connectivity index (χ2n) is 5.09. The van der Waals surface area contributed by atoms with Gasteiger partial charge in [0.2, 0.25) is 0 Å². The Bertz CT molecular complexity index is 1020. The second-order valence-corrected chi connectivity index (χ2v) is 5.09. The number of carbonyl (C=O) groups is 1. The van der Waals surface area contributed by atoms with E-state index in [0.29, 0.717) is 11.3 Å². The number of aromatic nitrogens is 3. The van der Waals surface area contributed by atoms with Gasteiger partial charge >= 0.3 is 0 Å². The zero-order valence-electron chi connectivity index (χ0n) is 12.1. The molecule has 0 fully saturated rings. The van der Waals surface area contributed by atoms with Crippen LogP contribution in [-0.2, 0) is 0 Å². The molecule has 0 saturated carbocycles. The van der Waals surface area contributed by atoms with Gasteiger partial charge in [-0.1, -0.05) is 6.07 Å². The number of amides is 1. The van der Waals surface area contributed by atoms with Gasteiger partial charge in [-0.2, -0.15) is 0 Å². The SMILES string of the molecule is O=C(Nc1cc2cccnc2c2ncccc12)c1cccnc1. The van der Waals surface area contributed by atoms with Gasteiger partial charge < -0.3 is 5.32 Å². The van der Waals surface area contributed by atoms with Crippen LogP contribution in [0.2, 0.25) is 0 Å². The summed E-state index contributed by atoms with van der Waals surface area (Å²) in [7, 11) is 0. The fourth-order valence-corrected chi connectivity index (χ4v) is 2.57. The molecule has 4 aromatic rings. The smallest absolute Gasteiger partial charge is 0.257 e. The van der Waals surface area contributed by atoms with Crippen LogP contribution in [0.3, 0.4) is 0 Å². The van der Waals surface area contributed by atoms with E-state index in [1.807, 2.05) is 30.3 Å². The lowest BCUT2D eigenvalue weighted by Gasteiger charge is -2.10. The first kappa shape index (κ1) is 13.3. The minimum atomic E-state index is -0.202. The quantitative estimate of drug-likeness (QED) is 0.576. The maximum absolute atomic E-state index is 12.4. The van der Waals surface area contributed by atoms with Crippen LogP contribution in [0, 0.1) is 0 Å². The number of rotatable bonds is 2. The van der Waals surface area contributed by atoms with Crippen molar-refractivity contribution in [3.63, 3.8) is 0 Å². The minimum absolute atomic E-state index is 0.202. The average Bonchev–Trinajstić information content (AvgIpc) is 2.62. The number of carbonyl (C=O) groups excluding carboxylic acids is 1. The molecule has 0 atom stereocenters. The van der Waals surface area contributed by atoms with E-state index in [2.05, 4.69) is 20.3 Å². The Morgan fingerprint density at radius 3 is 2.52 bits per heavy atom. The van der Waals surface area contributed by atoms with Crippen molar-refractivity contribution in [2.75, 3.05) is 5.32 Å². The lowest BCUT2D eigenvalue weighted by molar-refractivity contribution is 0.102. The van der Waals surface area contributed by atoms with E-state index >= 15 is 0 Å². The Labute approximate surface area is 132 Å². The van der Waals surface area contributed by atoms with Crippen LogP contribution < -0.4 is 5.32 Å². The van der Waals surface area contributed by atoms with Gasteiger partial charge in [-0.25, -0.2) is 0 Å². The fraction of sp³-hybridized carbons (Fsp3) is 0. The van der Waals surface area contributed by atoms with E-state index in [9.17, 15) is 4.79 Å². The summed E-state index contributed by atoms with van der Waals surface area (Å²) < 4.78 is 0. The molecular formula is C18H12N4O. The molecule has 1 N–H and O–H groups in total. The number of fused-ring (bicyclic) bond motifs is 3. The molecule has 23 heavy (non-hydrogen) atoms. The first-order valence-electron chi connectivity index (χ1n) is 7.17. The van der Waals surface area contributed by atoms with Crippen LogP contribution in [0.15, 0.2) is 67.3 Å². The largest absolute Gasteiger partial charge is 0.321 e. The van der Waals surface area contributed by atoms with Crippen molar-refractivity contribution in [2.45, 2.75) is 0 Å². The maximum atomic E-state index is 12.4. The van der Waals surface area contributed by atoms with Gasteiger partial charge in [-0.05, 0) is 36.4 Å². The van der Waals surface area contributed by atoms with Gasteiger partial charge in [-0.3, -0.25) is 19.7 Å². The Morgan fingerprint density at radius 2 is 1.70 bits per heavy atom. The molecule has 5 heteroatoms. The van der Waals surface area contributed by atoms with E-state index in [1.165, 1.54) is 0 Å². The Hall–Kier alpha value is -3.34. The van der Waals surface area contributed by atoms with E-state index in [4.69, 9.17) is 0 Å². The molecule has 1 amide bonds. The van der Waals surface area contributed by atoms with Gasteiger partial charge in [-0.15, -0.1) is 0 Å². The zero-order chi connectivity index (χ0) is 15.6. The molecule has 0 aliphatic rings. The number of anilines is 1. The zero-order valence-corrected chi connectivity index (χ0v) is 12.1. The molecule has 110 valence electrons. The molecular weight excluding hydrogens is 288 g/mol. The first-order valence-corrected chi connectivity index (χ1v) is 7.17. The molecule has 0 radical (unpaired) electrons. The summed E-state index contributed by atoms with van der Waals surface area (Å²) in [6.45, 7) is 0. The fourth-order valence-electron chi connectivity index (χ4n) is 2.57. The molecule has 0 unspecified atom stereocenters. The van der Waals surface area contributed by atoms with Crippen molar-refractivity contribution >= 4 is 33.4 Å². The van der Waals surface area contributed by atoms with Crippen LogP contribution in [0.5, 0.6) is 0 Å². The van der Waals surface area contributed by atoms with Crippen LogP contribution in [0.1, 0.15) is 10.4 Å². The predicted octanol–water partition coefficient (Wildman–Crippen LogP) is 3.43. The maximum Gasteiger partial charge on any atom is 0.257 e. The number of hydrogen-bond acceptors (Lipinski definition) is 4. The van der Waals surface area contributed by atoms with Gasteiger partial charge in [0.15, 0.2) is 0 Å².